The summed E-state index contributed by atoms with van der Waals surface area (Å²) in [5.41, 5.74) is 8.50. The maximum Gasteiger partial charge on any atom is 0.283 e. The van der Waals surface area contributed by atoms with Crippen molar-refractivity contribution in [2.75, 3.05) is 36.8 Å². The van der Waals surface area contributed by atoms with Crippen molar-refractivity contribution < 1.29 is 18.9 Å². The fourth-order valence-corrected chi connectivity index (χ4v) is 8.06. The van der Waals surface area contributed by atoms with Crippen molar-refractivity contribution >= 4 is 23.2 Å². The molecule has 4 atom stereocenters. The lowest BCUT2D eigenvalue weighted by molar-refractivity contribution is -0.938. The number of likely N-dealkylation sites (tertiary alicyclic amines) is 2. The molecule has 0 aromatic heterocycles. The minimum absolute atomic E-state index is 0.0172. The van der Waals surface area contributed by atoms with Crippen molar-refractivity contribution in [3.8, 4) is 0 Å². The van der Waals surface area contributed by atoms with E-state index in [1.807, 2.05) is 0 Å². The van der Waals surface area contributed by atoms with E-state index >= 15 is 0 Å². The monoisotopic (exact) mass is 691 g/mol. The fourth-order valence-electron chi connectivity index (χ4n) is 8.06. The van der Waals surface area contributed by atoms with Crippen molar-refractivity contribution in [1.29, 1.82) is 0 Å². The molecular formula is C42H66N4O4. The molecule has 0 saturated carbocycles. The van der Waals surface area contributed by atoms with Crippen LogP contribution in [0.2, 0.25) is 0 Å². The van der Waals surface area contributed by atoms with Gasteiger partial charge in [0.1, 0.15) is 13.1 Å². The summed E-state index contributed by atoms with van der Waals surface area (Å²) in [6.07, 6.45) is 2.23. The molecule has 8 nitrogen and oxygen atoms in total. The van der Waals surface area contributed by atoms with Crippen LogP contribution in [0.15, 0.2) is 24.3 Å². The van der Waals surface area contributed by atoms with Crippen molar-refractivity contribution in [1.82, 2.24) is 0 Å². The van der Waals surface area contributed by atoms with Crippen LogP contribution in [-0.2, 0) is 9.59 Å². The van der Waals surface area contributed by atoms with Crippen LogP contribution in [-0.4, -0.2) is 59.4 Å². The molecule has 0 spiro atoms. The number of amides is 2. The Morgan fingerprint density at radius 3 is 1.08 bits per heavy atom. The fraction of sp³-hybridized carbons (Fsp3) is 0.667. The summed E-state index contributed by atoms with van der Waals surface area (Å²) in [5, 5.41) is 35.4. The number of nitrogens with one attached hydrogen (secondary N) is 2. The second kappa shape index (κ2) is 15.9. The SMILES string of the molecule is CC(C)c1cc(C(C)C)c(NC(=O)[C@@H]2CCC[N+]2([O-])CC[N+]2([O-])CCC[C@H]2C(=O)Nc2c(C(C)C)cc(C(C)C)cc2C(C)C)c(C(C)C)c1. The first-order chi connectivity index (χ1) is 23.3. The van der Waals surface area contributed by atoms with Crippen molar-refractivity contribution in [2.45, 2.75) is 156 Å². The van der Waals surface area contributed by atoms with E-state index in [9.17, 15) is 20.0 Å². The molecule has 278 valence electrons. The van der Waals surface area contributed by atoms with Gasteiger partial charge in [0.05, 0.1) is 13.1 Å². The molecule has 0 radical (unpaired) electrons. The molecule has 2 N–H and O–H groups in total. The molecule has 2 fully saturated rings. The van der Waals surface area contributed by atoms with Gasteiger partial charge in [0.15, 0.2) is 12.1 Å². The van der Waals surface area contributed by atoms with Crippen LogP contribution in [0.3, 0.4) is 0 Å². The molecule has 2 aliphatic rings. The van der Waals surface area contributed by atoms with Gasteiger partial charge in [-0.2, -0.15) is 0 Å². The van der Waals surface area contributed by atoms with Crippen molar-refractivity contribution in [3.05, 3.63) is 68.1 Å². The van der Waals surface area contributed by atoms with Gasteiger partial charge in [-0.05, 0) is 68.9 Å². The first-order valence-electron chi connectivity index (χ1n) is 19.4. The maximum absolute atomic E-state index is 14.5. The van der Waals surface area contributed by atoms with Crippen LogP contribution >= 0.6 is 0 Å². The van der Waals surface area contributed by atoms with Crippen molar-refractivity contribution in [3.63, 3.8) is 0 Å². The van der Waals surface area contributed by atoms with Crippen molar-refractivity contribution in [2.24, 2.45) is 0 Å². The van der Waals surface area contributed by atoms with E-state index in [-0.39, 0.29) is 48.6 Å². The smallest absolute Gasteiger partial charge is 0.283 e. The number of hydrogen-bond acceptors (Lipinski definition) is 4. The number of hydrogen-bond donors (Lipinski definition) is 2. The number of hydroxylamine groups is 6. The van der Waals surface area contributed by atoms with Crippen LogP contribution < -0.4 is 10.6 Å². The normalized spacial score (nSPS) is 24.1. The Hall–Kier alpha value is -2.78. The number of nitrogens with zero attached hydrogens (tertiary/aromatic N) is 2. The minimum Gasteiger partial charge on any atom is -0.632 e. The van der Waals surface area contributed by atoms with Gasteiger partial charge in [-0.1, -0.05) is 107 Å². The zero-order chi connectivity index (χ0) is 37.3. The third-order valence-electron chi connectivity index (χ3n) is 11.4. The Labute approximate surface area is 302 Å². The van der Waals surface area contributed by atoms with E-state index in [2.05, 4.69) is 118 Å². The second-order valence-electron chi connectivity index (χ2n) is 17.2. The Kier molecular flexibility index (Phi) is 12.7. The molecule has 2 aliphatic heterocycles. The Morgan fingerprint density at radius 1 is 0.560 bits per heavy atom. The molecular weight excluding hydrogens is 624 g/mol. The molecule has 4 rings (SSSR count). The highest BCUT2D eigenvalue weighted by atomic mass is 16.6. The third kappa shape index (κ3) is 8.46. The molecule has 2 aromatic carbocycles. The molecule has 2 aromatic rings. The Bertz CT molecular complexity index is 1360. The highest BCUT2D eigenvalue weighted by molar-refractivity contribution is 5.97. The average molecular weight is 691 g/mol. The van der Waals surface area contributed by atoms with Gasteiger partial charge >= 0.3 is 0 Å². The number of carbonyl (C=O) groups is 2. The largest absolute Gasteiger partial charge is 0.632 e. The van der Waals surface area contributed by atoms with Gasteiger partial charge in [0.2, 0.25) is 0 Å². The topological polar surface area (TPSA) is 104 Å². The number of rotatable bonds is 13. The van der Waals surface area contributed by atoms with E-state index in [0.717, 1.165) is 33.6 Å². The quantitative estimate of drug-likeness (QED) is 0.161. The number of anilines is 2. The second-order valence-corrected chi connectivity index (χ2v) is 17.2. The highest BCUT2D eigenvalue weighted by Gasteiger charge is 2.45. The van der Waals surface area contributed by atoms with Crippen LogP contribution in [0.4, 0.5) is 11.4 Å². The first kappa shape index (κ1) is 40.0. The number of carbonyl (C=O) groups excluding carboxylic acids is 2. The third-order valence-corrected chi connectivity index (χ3v) is 11.4. The van der Waals surface area contributed by atoms with E-state index < -0.39 is 21.4 Å². The van der Waals surface area contributed by atoms with Gasteiger partial charge in [0.25, 0.3) is 11.8 Å². The summed E-state index contributed by atoms with van der Waals surface area (Å²) in [6.45, 7) is 26.4. The predicted octanol–water partition coefficient (Wildman–Crippen LogP) is 9.96. The summed E-state index contributed by atoms with van der Waals surface area (Å²) >= 11 is 0. The predicted molar refractivity (Wildman–Crippen MR) is 207 cm³/mol. The van der Waals surface area contributed by atoms with Crippen LogP contribution in [0.25, 0.3) is 0 Å². The summed E-state index contributed by atoms with van der Waals surface area (Å²) in [7, 11) is 0. The van der Waals surface area contributed by atoms with Gasteiger partial charge in [-0.25, -0.2) is 0 Å². The van der Waals surface area contributed by atoms with E-state index in [1.54, 1.807) is 0 Å². The first-order valence-corrected chi connectivity index (χ1v) is 19.4. The summed E-state index contributed by atoms with van der Waals surface area (Å²) in [6, 6.07) is 7.21. The van der Waals surface area contributed by atoms with Gasteiger partial charge in [-0.15, -0.1) is 0 Å². The molecule has 8 heteroatoms. The number of benzene rings is 2. The van der Waals surface area contributed by atoms with Gasteiger partial charge in [0, 0.05) is 37.1 Å². The van der Waals surface area contributed by atoms with Gasteiger partial charge < -0.3 is 30.3 Å². The zero-order valence-electron chi connectivity index (χ0n) is 33.1. The zero-order valence-corrected chi connectivity index (χ0v) is 33.1. The molecule has 2 saturated heterocycles. The maximum atomic E-state index is 14.5. The van der Waals surface area contributed by atoms with Crippen LogP contribution in [0.1, 0.15) is 178 Å². The van der Waals surface area contributed by atoms with E-state index in [1.165, 1.54) is 11.1 Å². The average Bonchev–Trinajstić information content (AvgIpc) is 3.62. The van der Waals surface area contributed by atoms with Crippen LogP contribution in [0.5, 0.6) is 0 Å². The Morgan fingerprint density at radius 2 is 0.840 bits per heavy atom. The molecule has 0 bridgehead atoms. The molecule has 2 amide bonds. The summed E-state index contributed by atoms with van der Waals surface area (Å²) < 4.78 is -1.43. The van der Waals surface area contributed by atoms with E-state index in [0.29, 0.717) is 50.6 Å². The molecule has 50 heavy (non-hydrogen) atoms. The summed E-state index contributed by atoms with van der Waals surface area (Å²) in [5.74, 6) is 0.964. The standard InChI is InChI=1S/C42H66N4O4/c1-25(2)31-21-33(27(5)6)39(34(22-31)28(7)8)43-41(47)37-15-13-17-45(37,49)19-20-46(50)18-14-16-38(46)42(48)44-40-35(29(9)10)23-32(26(3)4)24-36(40)30(11)12/h21-30,37-38H,13-20H2,1-12H3,(H,43,47)(H,44,48)/t37-,38-,45?,46?/m0/s1. The van der Waals surface area contributed by atoms with Crippen LogP contribution in [0, 0.1) is 10.4 Å². The molecule has 0 aliphatic carbocycles. The molecule has 2 heterocycles. The lowest BCUT2D eigenvalue weighted by atomic mass is 9.87. The van der Waals surface area contributed by atoms with E-state index in [4.69, 9.17) is 0 Å². The lowest BCUT2D eigenvalue weighted by Crippen LogP contribution is -2.60. The Balaban J connectivity index is 1.55. The lowest BCUT2D eigenvalue weighted by Gasteiger charge is -2.49. The minimum atomic E-state index is -0.789. The molecule has 2 unspecified atom stereocenters. The summed E-state index contributed by atoms with van der Waals surface area (Å²) in [4.78, 5) is 28.0. The number of quaternary nitrogens is 2. The van der Waals surface area contributed by atoms with Gasteiger partial charge in [-0.3, -0.25) is 9.59 Å². The highest BCUT2D eigenvalue weighted by Crippen LogP contribution is 2.39.